The van der Waals surface area contributed by atoms with Gasteiger partial charge in [0.15, 0.2) is 10.3 Å². The minimum Gasteiger partial charge on any atom is -0.497 e. The number of nitrogens with one attached hydrogen (secondary N) is 1. The number of carbonyl (C=O) groups is 2. The van der Waals surface area contributed by atoms with E-state index in [9.17, 15) is 14.7 Å². The van der Waals surface area contributed by atoms with Crippen LogP contribution in [0.5, 0.6) is 11.6 Å². The number of benzene rings is 1. The summed E-state index contributed by atoms with van der Waals surface area (Å²) in [7, 11) is 1.53. The van der Waals surface area contributed by atoms with E-state index in [1.165, 1.54) is 7.11 Å². The number of carbonyl (C=O) groups excluding carboxylic acids is 2. The van der Waals surface area contributed by atoms with Crippen LogP contribution in [-0.2, 0) is 9.53 Å². The summed E-state index contributed by atoms with van der Waals surface area (Å²) in [6, 6.07) is 5.09. The number of ether oxygens (including phenoxy) is 2. The summed E-state index contributed by atoms with van der Waals surface area (Å²) < 4.78 is 10.2. The van der Waals surface area contributed by atoms with Crippen molar-refractivity contribution in [3.05, 3.63) is 44.2 Å². The number of rotatable bonds is 6. The van der Waals surface area contributed by atoms with Crippen molar-refractivity contribution in [3.63, 3.8) is 0 Å². The largest absolute Gasteiger partial charge is 0.497 e. The Labute approximate surface area is 178 Å². The molecule has 0 radical (unpaired) electrons. The maximum Gasteiger partial charge on any atom is 0.350 e. The molecule has 11 heteroatoms. The zero-order chi connectivity index (χ0) is 21.4. The number of nitrogens with zero attached hydrogens (tertiary/aromatic N) is 3. The summed E-state index contributed by atoms with van der Waals surface area (Å²) >= 11 is 2.21. The average molecular weight is 444 g/mol. The molecule has 0 unspecified atom stereocenters. The van der Waals surface area contributed by atoms with Crippen LogP contribution in [0.1, 0.15) is 27.2 Å². The molecule has 2 aromatic heterocycles. The minimum atomic E-state index is -0.460. The molecule has 0 atom stereocenters. The molecule has 1 aromatic carbocycles. The minimum absolute atomic E-state index is 0.259. The number of thiazole rings is 2. The molecule has 0 saturated heterocycles. The predicted molar refractivity (Wildman–Crippen MR) is 111 cm³/mol. The molecule has 0 saturated carbocycles. The zero-order valence-corrected chi connectivity index (χ0v) is 17.8. The number of esters is 1. The third-order valence-corrected chi connectivity index (χ3v) is 6.25. The second kappa shape index (κ2) is 7.84. The topological polar surface area (TPSA) is 123 Å². The maximum absolute atomic E-state index is 12.5. The lowest BCUT2D eigenvalue weighted by Gasteiger charge is -1.99. The third-order valence-electron chi connectivity index (χ3n) is 4.22. The van der Waals surface area contributed by atoms with E-state index in [1.807, 2.05) is 0 Å². The number of aryl methyl sites for hydroxylation is 1. The van der Waals surface area contributed by atoms with Gasteiger partial charge in [-0.2, -0.15) is 4.98 Å². The van der Waals surface area contributed by atoms with Crippen LogP contribution >= 0.6 is 22.7 Å². The van der Waals surface area contributed by atoms with Crippen molar-refractivity contribution in [2.75, 3.05) is 19.0 Å². The van der Waals surface area contributed by atoms with E-state index < -0.39 is 11.9 Å². The summed E-state index contributed by atoms with van der Waals surface area (Å²) in [5, 5.41) is 15.2. The van der Waals surface area contributed by atoms with E-state index >= 15 is 0 Å². The van der Waals surface area contributed by atoms with E-state index in [1.54, 1.807) is 32.0 Å². The Morgan fingerprint density at radius 2 is 2.00 bits per heavy atom. The molecule has 1 aliphatic heterocycles. The standard InChI is InChI=1S/C19H16N4O5S2/c1-4-28-17(26)13-8(2)20-18(29-13)23-19-22-16(25)14(30-19)12-10-7-9(27-3)5-6-11(10)21-15(12)24/h5-7,25H,4H2,1-3H3,(H,20,22,23). The molecular formula is C19H16N4O5S2. The van der Waals surface area contributed by atoms with Crippen molar-refractivity contribution in [3.8, 4) is 11.6 Å². The van der Waals surface area contributed by atoms with Gasteiger partial charge < -0.3 is 19.9 Å². The summed E-state index contributed by atoms with van der Waals surface area (Å²) in [4.78, 5) is 37.5. The van der Waals surface area contributed by atoms with Gasteiger partial charge in [0.1, 0.15) is 15.5 Å². The summed E-state index contributed by atoms with van der Waals surface area (Å²) in [5.41, 5.74) is 0.789. The van der Waals surface area contributed by atoms with Crippen LogP contribution < -0.4 is 20.6 Å². The van der Waals surface area contributed by atoms with E-state index in [2.05, 4.69) is 20.3 Å². The molecule has 1 aliphatic rings. The van der Waals surface area contributed by atoms with Gasteiger partial charge in [0.05, 0.1) is 30.3 Å². The van der Waals surface area contributed by atoms with E-state index in [0.717, 1.165) is 22.7 Å². The Morgan fingerprint density at radius 3 is 2.73 bits per heavy atom. The molecule has 3 heterocycles. The van der Waals surface area contributed by atoms with Gasteiger partial charge >= 0.3 is 5.97 Å². The van der Waals surface area contributed by atoms with Crippen LogP contribution in [-0.4, -0.2) is 40.7 Å². The maximum atomic E-state index is 12.5. The van der Waals surface area contributed by atoms with Gasteiger partial charge in [-0.3, -0.25) is 4.79 Å². The van der Waals surface area contributed by atoms with E-state index in [0.29, 0.717) is 37.2 Å². The lowest BCUT2D eigenvalue weighted by atomic mass is 10.1. The molecule has 9 nitrogen and oxygen atoms in total. The monoisotopic (exact) mass is 444 g/mol. The van der Waals surface area contributed by atoms with Crippen molar-refractivity contribution in [1.82, 2.24) is 9.97 Å². The molecule has 1 amide bonds. The number of aromatic nitrogens is 2. The first-order valence-corrected chi connectivity index (χ1v) is 10.5. The number of methoxy groups -OCH3 is 1. The fourth-order valence-corrected chi connectivity index (χ4v) is 4.73. The van der Waals surface area contributed by atoms with Gasteiger partial charge in [-0.05, 0) is 32.0 Å². The molecule has 0 bridgehead atoms. The highest BCUT2D eigenvalue weighted by Crippen LogP contribution is 2.36. The van der Waals surface area contributed by atoms with Gasteiger partial charge in [0, 0.05) is 5.22 Å². The number of fused-ring (bicyclic) bond motifs is 1. The van der Waals surface area contributed by atoms with Crippen molar-refractivity contribution < 1.29 is 24.2 Å². The Balaban J connectivity index is 1.70. The first-order chi connectivity index (χ1) is 14.4. The van der Waals surface area contributed by atoms with Crippen LogP contribution in [0, 0.1) is 6.92 Å². The lowest BCUT2D eigenvalue weighted by Crippen LogP contribution is -2.23. The molecule has 154 valence electrons. The lowest BCUT2D eigenvalue weighted by molar-refractivity contribution is -0.112. The van der Waals surface area contributed by atoms with Crippen LogP contribution in [0.3, 0.4) is 0 Å². The third kappa shape index (κ3) is 3.53. The number of amides is 1. The molecular weight excluding hydrogens is 428 g/mol. The average Bonchev–Trinajstić information content (AvgIpc) is 3.35. The molecule has 4 rings (SSSR count). The molecule has 0 aliphatic carbocycles. The Morgan fingerprint density at radius 1 is 1.23 bits per heavy atom. The van der Waals surface area contributed by atoms with Crippen molar-refractivity contribution in [2.24, 2.45) is 4.99 Å². The van der Waals surface area contributed by atoms with Gasteiger partial charge in [0.25, 0.3) is 5.91 Å². The van der Waals surface area contributed by atoms with Gasteiger partial charge in [-0.25, -0.2) is 14.8 Å². The molecule has 0 spiro atoms. The predicted octanol–water partition coefficient (Wildman–Crippen LogP) is 1.90. The Bertz CT molecular complexity index is 1290. The number of hydrogen-bond acceptors (Lipinski definition) is 10. The quantitative estimate of drug-likeness (QED) is 0.553. The van der Waals surface area contributed by atoms with E-state index in [4.69, 9.17) is 9.47 Å². The second-order valence-electron chi connectivity index (χ2n) is 6.13. The highest BCUT2D eigenvalue weighted by Gasteiger charge is 2.26. The fourth-order valence-electron chi connectivity index (χ4n) is 2.90. The molecule has 2 N–H and O–H groups in total. The fraction of sp³-hybridized carbons (Fsp3) is 0.211. The van der Waals surface area contributed by atoms with Gasteiger partial charge in [-0.15, -0.1) is 0 Å². The van der Waals surface area contributed by atoms with Crippen LogP contribution in [0.15, 0.2) is 23.2 Å². The smallest absolute Gasteiger partial charge is 0.350 e. The van der Waals surface area contributed by atoms with E-state index in [-0.39, 0.29) is 22.9 Å². The first-order valence-electron chi connectivity index (χ1n) is 8.84. The van der Waals surface area contributed by atoms with Crippen LogP contribution in [0.25, 0.3) is 5.57 Å². The summed E-state index contributed by atoms with van der Waals surface area (Å²) in [5.74, 6) is -0.625. The summed E-state index contributed by atoms with van der Waals surface area (Å²) in [6.07, 6.45) is 0. The highest BCUT2D eigenvalue weighted by molar-refractivity contribution is 7.19. The molecule has 30 heavy (non-hydrogen) atoms. The SMILES string of the molecule is CCOC(=O)c1sc(Nc2nc(O)c(C3=c4cc(OC)ccc4=NC3=O)s2)nc1C. The Kier molecular flexibility index (Phi) is 5.22. The van der Waals surface area contributed by atoms with Gasteiger partial charge in [0.2, 0.25) is 5.88 Å². The highest BCUT2D eigenvalue weighted by atomic mass is 32.1. The second-order valence-corrected chi connectivity index (χ2v) is 8.12. The molecule has 0 fully saturated rings. The van der Waals surface area contributed by atoms with Crippen molar-refractivity contribution >= 4 is 50.4 Å². The van der Waals surface area contributed by atoms with Gasteiger partial charge in [-0.1, -0.05) is 22.7 Å². The normalized spacial score (nSPS) is 12.5. The molecule has 3 aromatic rings. The Hall–Kier alpha value is -3.31. The van der Waals surface area contributed by atoms with Crippen molar-refractivity contribution in [1.29, 1.82) is 0 Å². The number of anilines is 2. The summed E-state index contributed by atoms with van der Waals surface area (Å²) in [6.45, 7) is 3.71. The van der Waals surface area contributed by atoms with Crippen molar-refractivity contribution in [2.45, 2.75) is 13.8 Å². The number of aromatic hydroxyl groups is 1. The first kappa shape index (κ1) is 20.0. The van der Waals surface area contributed by atoms with Crippen LogP contribution in [0.2, 0.25) is 0 Å². The zero-order valence-electron chi connectivity index (χ0n) is 16.2. The number of hydrogen-bond donors (Lipinski definition) is 2. The van der Waals surface area contributed by atoms with Crippen LogP contribution in [0.4, 0.5) is 10.3 Å².